The van der Waals surface area contributed by atoms with E-state index in [9.17, 15) is 0 Å². The van der Waals surface area contributed by atoms with Gasteiger partial charge in [-0.2, -0.15) is 0 Å². The maximum absolute atomic E-state index is 3.42. The van der Waals surface area contributed by atoms with Crippen molar-refractivity contribution in [3.8, 4) is 0 Å². The molecule has 1 unspecified atom stereocenters. The Bertz CT molecular complexity index is 71.5. The highest BCUT2D eigenvalue weighted by atomic mass is 32.2. The summed E-state index contributed by atoms with van der Waals surface area (Å²) in [5.74, 6) is 0. The van der Waals surface area contributed by atoms with Gasteiger partial charge in [-0.25, -0.2) is 0 Å². The maximum atomic E-state index is 3.42. The van der Waals surface area contributed by atoms with Crippen LogP contribution in [0.25, 0.3) is 0 Å². The van der Waals surface area contributed by atoms with Gasteiger partial charge in [0.15, 0.2) is 0 Å². The van der Waals surface area contributed by atoms with Crippen molar-refractivity contribution in [1.29, 1.82) is 0 Å². The average Bonchev–Trinajstić information content (AvgIpc) is 2.34. The van der Waals surface area contributed by atoms with E-state index in [-0.39, 0.29) is 0 Å². The molecule has 54 valence electrons. The molecule has 0 aromatic heterocycles. The van der Waals surface area contributed by atoms with Crippen LogP contribution in [0.2, 0.25) is 0 Å². The second kappa shape index (κ2) is 4.14. The van der Waals surface area contributed by atoms with Crippen LogP contribution in [0, 0.1) is 0 Å². The fourth-order valence-corrected chi connectivity index (χ4v) is 1.48. The highest BCUT2D eigenvalue weighted by Gasteiger charge is 2.11. The minimum atomic E-state index is 0.734. The molecule has 2 N–H and O–H groups in total. The van der Waals surface area contributed by atoms with E-state index < -0.39 is 0 Å². The molecule has 1 aliphatic rings. The summed E-state index contributed by atoms with van der Waals surface area (Å²) in [6.45, 7) is 2.32. The Morgan fingerprint density at radius 2 is 2.67 bits per heavy atom. The first-order chi connectivity index (χ1) is 4.43. The summed E-state index contributed by atoms with van der Waals surface area (Å²) < 4.78 is 3.24. The molecule has 0 amide bonds. The van der Waals surface area contributed by atoms with Crippen molar-refractivity contribution in [2.24, 2.45) is 0 Å². The van der Waals surface area contributed by atoms with Crippen LogP contribution in [-0.4, -0.2) is 25.4 Å². The van der Waals surface area contributed by atoms with E-state index >= 15 is 0 Å². The normalized spacial score (nSPS) is 27.0. The van der Waals surface area contributed by atoms with E-state index in [4.69, 9.17) is 0 Å². The summed E-state index contributed by atoms with van der Waals surface area (Å²) in [7, 11) is 0. The van der Waals surface area contributed by atoms with Crippen molar-refractivity contribution in [2.75, 3.05) is 19.3 Å². The smallest absolute Gasteiger partial charge is 0.0213 e. The maximum Gasteiger partial charge on any atom is 0.0213 e. The van der Waals surface area contributed by atoms with Gasteiger partial charge in [0.2, 0.25) is 0 Å². The Morgan fingerprint density at radius 3 is 3.22 bits per heavy atom. The van der Waals surface area contributed by atoms with Crippen LogP contribution >= 0.6 is 11.9 Å². The Labute approximate surface area is 60.9 Å². The largest absolute Gasteiger partial charge is 0.313 e. The fraction of sp³-hybridized carbons (Fsp3) is 1.00. The van der Waals surface area contributed by atoms with Gasteiger partial charge < -0.3 is 5.32 Å². The first kappa shape index (κ1) is 7.38. The van der Waals surface area contributed by atoms with Crippen molar-refractivity contribution < 1.29 is 0 Å². The summed E-state index contributed by atoms with van der Waals surface area (Å²) in [6.07, 6.45) is 4.75. The van der Waals surface area contributed by atoms with Crippen LogP contribution in [0.3, 0.4) is 0 Å². The van der Waals surface area contributed by atoms with E-state index in [1.165, 1.54) is 19.4 Å². The lowest BCUT2D eigenvalue weighted by molar-refractivity contribution is 0.600. The minimum absolute atomic E-state index is 0.734. The predicted octanol–water partition coefficient (Wildman–Crippen LogP) is 0.606. The zero-order valence-corrected chi connectivity index (χ0v) is 6.63. The molecule has 1 aliphatic heterocycles. The van der Waals surface area contributed by atoms with Gasteiger partial charge in [0.25, 0.3) is 0 Å². The Hall–Kier alpha value is 0.270. The minimum Gasteiger partial charge on any atom is -0.313 e. The molecule has 0 aromatic rings. The molecule has 1 saturated heterocycles. The zero-order chi connectivity index (χ0) is 6.53. The lowest BCUT2D eigenvalue weighted by Crippen LogP contribution is -2.30. The Morgan fingerprint density at radius 1 is 1.78 bits per heavy atom. The highest BCUT2D eigenvalue weighted by Crippen LogP contribution is 2.03. The first-order valence-corrected chi connectivity index (χ1v) is 4.65. The SMILES string of the molecule is CSNCC1CCCN1. The number of hydrogen-bond donors (Lipinski definition) is 2. The van der Waals surface area contributed by atoms with Crippen molar-refractivity contribution in [1.82, 2.24) is 10.0 Å². The molecular weight excluding hydrogens is 132 g/mol. The second-order valence-electron chi connectivity index (χ2n) is 2.35. The van der Waals surface area contributed by atoms with Crippen molar-refractivity contribution in [3.63, 3.8) is 0 Å². The van der Waals surface area contributed by atoms with E-state index in [1.807, 2.05) is 0 Å². The van der Waals surface area contributed by atoms with E-state index in [2.05, 4.69) is 16.3 Å². The average molecular weight is 146 g/mol. The summed E-state index contributed by atoms with van der Waals surface area (Å²) in [4.78, 5) is 0. The van der Waals surface area contributed by atoms with Crippen LogP contribution in [-0.2, 0) is 0 Å². The van der Waals surface area contributed by atoms with Gasteiger partial charge in [0.1, 0.15) is 0 Å². The van der Waals surface area contributed by atoms with Gasteiger partial charge in [-0.3, -0.25) is 4.72 Å². The third-order valence-electron chi connectivity index (χ3n) is 1.64. The quantitative estimate of drug-likeness (QED) is 0.570. The molecule has 0 aliphatic carbocycles. The standard InChI is InChI=1S/C6H14N2S/c1-9-8-5-6-3-2-4-7-6/h6-8H,2-5H2,1H3. The molecular formula is C6H14N2S. The van der Waals surface area contributed by atoms with Gasteiger partial charge >= 0.3 is 0 Å². The topological polar surface area (TPSA) is 24.1 Å². The van der Waals surface area contributed by atoms with Gasteiger partial charge in [-0.1, -0.05) is 11.9 Å². The van der Waals surface area contributed by atoms with Crippen LogP contribution < -0.4 is 10.0 Å². The van der Waals surface area contributed by atoms with Crippen molar-refractivity contribution in [3.05, 3.63) is 0 Å². The zero-order valence-electron chi connectivity index (χ0n) is 5.81. The molecule has 0 saturated carbocycles. The van der Waals surface area contributed by atoms with Crippen LogP contribution in [0.5, 0.6) is 0 Å². The predicted molar refractivity (Wildman–Crippen MR) is 42.5 cm³/mol. The molecule has 0 spiro atoms. The fourth-order valence-electron chi connectivity index (χ4n) is 1.11. The van der Waals surface area contributed by atoms with E-state index in [0.717, 1.165) is 12.6 Å². The van der Waals surface area contributed by atoms with Crippen LogP contribution in [0.15, 0.2) is 0 Å². The molecule has 1 atom stereocenters. The number of rotatable bonds is 3. The summed E-state index contributed by atoms with van der Waals surface area (Å²) >= 11 is 1.70. The van der Waals surface area contributed by atoms with Crippen molar-refractivity contribution >= 4 is 11.9 Å². The second-order valence-corrected chi connectivity index (χ2v) is 3.04. The van der Waals surface area contributed by atoms with E-state index in [0.29, 0.717) is 0 Å². The first-order valence-electron chi connectivity index (χ1n) is 3.42. The lowest BCUT2D eigenvalue weighted by Gasteiger charge is -2.08. The van der Waals surface area contributed by atoms with Gasteiger partial charge in [-0.15, -0.1) is 0 Å². The van der Waals surface area contributed by atoms with Crippen LogP contribution in [0.1, 0.15) is 12.8 Å². The molecule has 2 nitrogen and oxygen atoms in total. The summed E-state index contributed by atoms with van der Waals surface area (Å²) in [5, 5.41) is 3.42. The summed E-state index contributed by atoms with van der Waals surface area (Å²) in [6, 6.07) is 0.734. The lowest BCUT2D eigenvalue weighted by atomic mass is 10.2. The van der Waals surface area contributed by atoms with Gasteiger partial charge in [0, 0.05) is 12.6 Å². The van der Waals surface area contributed by atoms with Gasteiger partial charge in [0.05, 0.1) is 0 Å². The summed E-state index contributed by atoms with van der Waals surface area (Å²) in [5.41, 5.74) is 0. The monoisotopic (exact) mass is 146 g/mol. The molecule has 0 aromatic carbocycles. The van der Waals surface area contributed by atoms with E-state index in [1.54, 1.807) is 11.9 Å². The number of nitrogens with one attached hydrogen (secondary N) is 2. The Kier molecular flexibility index (Phi) is 3.40. The van der Waals surface area contributed by atoms with Crippen LogP contribution in [0.4, 0.5) is 0 Å². The molecule has 0 radical (unpaired) electrons. The van der Waals surface area contributed by atoms with Gasteiger partial charge in [-0.05, 0) is 25.6 Å². The molecule has 0 bridgehead atoms. The number of hydrogen-bond acceptors (Lipinski definition) is 3. The molecule has 1 rings (SSSR count). The highest BCUT2D eigenvalue weighted by molar-refractivity contribution is 7.96. The molecule has 1 heterocycles. The third kappa shape index (κ3) is 2.56. The molecule has 1 fully saturated rings. The Balaban J connectivity index is 1.98. The molecule has 3 heteroatoms. The van der Waals surface area contributed by atoms with Crippen molar-refractivity contribution in [2.45, 2.75) is 18.9 Å². The molecule has 9 heavy (non-hydrogen) atoms. The third-order valence-corrected chi connectivity index (χ3v) is 2.09.